The summed E-state index contributed by atoms with van der Waals surface area (Å²) >= 11 is 1.80. The van der Waals surface area contributed by atoms with Gasteiger partial charge in [-0.1, -0.05) is 54.4 Å². The lowest BCUT2D eigenvalue weighted by Gasteiger charge is -2.40. The van der Waals surface area contributed by atoms with E-state index in [1.807, 2.05) is 4.68 Å². The van der Waals surface area contributed by atoms with Crippen LogP contribution in [-0.4, -0.2) is 0 Å². The van der Waals surface area contributed by atoms with Gasteiger partial charge in [-0.15, -0.1) is 4.68 Å². The Morgan fingerprint density at radius 3 is 1.85 bits per heavy atom. The molecule has 0 aromatic carbocycles. The van der Waals surface area contributed by atoms with Crippen molar-refractivity contribution in [2.75, 3.05) is 11.6 Å². The Morgan fingerprint density at radius 1 is 0.852 bits per heavy atom. The van der Waals surface area contributed by atoms with E-state index in [1.54, 1.807) is 11.3 Å². The number of hydrogen-bond donors (Lipinski definition) is 2. The number of nitrogen functional groups attached to an aromatic ring is 2. The third kappa shape index (κ3) is 4.16. The molecule has 0 saturated heterocycles. The van der Waals surface area contributed by atoms with E-state index in [1.165, 1.54) is 49.1 Å². The van der Waals surface area contributed by atoms with Gasteiger partial charge in [-0.25, -0.2) is 0 Å². The highest BCUT2D eigenvalue weighted by atomic mass is 32.1. The van der Waals surface area contributed by atoms with Crippen molar-refractivity contribution in [1.29, 1.82) is 0 Å². The molecule has 2 saturated carbocycles. The van der Waals surface area contributed by atoms with Crippen molar-refractivity contribution < 1.29 is 4.68 Å². The fraction of sp³-hybridized carbons (Fsp3) is 0.870. The Bertz CT molecular complexity index is 636. The van der Waals surface area contributed by atoms with Gasteiger partial charge in [0.15, 0.2) is 0 Å². The largest absolute Gasteiger partial charge is 0.355 e. The average Bonchev–Trinajstić information content (AvgIpc) is 2.89. The summed E-state index contributed by atoms with van der Waals surface area (Å²) < 4.78 is 1.88. The summed E-state index contributed by atoms with van der Waals surface area (Å²) in [5, 5.41) is 0.793. The standard InChI is InChI=1S/C23H41N3S/c1-13(2)17-9-7-15(5)11-19(17)21-22(27-23(24)26(21)25)20-12-16(6)8-10-18(20)14(3)4/h13-20,24H,7-12,25H2,1-6H3/p+1. The second-order valence-corrected chi connectivity index (χ2v) is 11.5. The summed E-state index contributed by atoms with van der Waals surface area (Å²) in [5.74, 6) is 12.3. The minimum absolute atomic E-state index is 0.562. The maximum absolute atomic E-state index is 6.61. The van der Waals surface area contributed by atoms with E-state index in [0.717, 1.165) is 34.7 Å². The van der Waals surface area contributed by atoms with Crippen LogP contribution in [0, 0.1) is 35.5 Å². The van der Waals surface area contributed by atoms with Crippen LogP contribution in [0.4, 0.5) is 5.13 Å². The second kappa shape index (κ2) is 8.31. The first-order chi connectivity index (χ1) is 12.7. The number of nitrogens with zero attached hydrogens (tertiary/aromatic N) is 1. The summed E-state index contributed by atoms with van der Waals surface area (Å²) in [6.45, 7) is 14.4. The van der Waals surface area contributed by atoms with Gasteiger partial charge in [0, 0.05) is 11.8 Å². The molecule has 1 aromatic heterocycles. The normalized spacial score (nSPS) is 35.1. The molecule has 1 aromatic rings. The van der Waals surface area contributed by atoms with Crippen LogP contribution in [0.3, 0.4) is 0 Å². The minimum atomic E-state index is 0.562. The molecule has 2 aliphatic carbocycles. The maximum atomic E-state index is 6.61. The molecule has 0 spiro atoms. The molecule has 4 N–H and O–H groups in total. The van der Waals surface area contributed by atoms with E-state index >= 15 is 0 Å². The summed E-state index contributed by atoms with van der Waals surface area (Å²) in [4.78, 5) is 1.53. The minimum Gasteiger partial charge on any atom is -0.276 e. The zero-order chi connectivity index (χ0) is 19.9. The molecule has 0 radical (unpaired) electrons. The Balaban J connectivity index is 2.05. The van der Waals surface area contributed by atoms with Crippen molar-refractivity contribution in [1.82, 2.24) is 0 Å². The van der Waals surface area contributed by atoms with E-state index < -0.39 is 0 Å². The molecule has 4 heteroatoms. The van der Waals surface area contributed by atoms with E-state index in [2.05, 4.69) is 41.5 Å². The third-order valence-corrected chi connectivity index (χ3v) is 8.83. The molecule has 6 atom stereocenters. The molecule has 6 unspecified atom stereocenters. The zero-order valence-electron chi connectivity index (χ0n) is 18.4. The van der Waals surface area contributed by atoms with Gasteiger partial charge in [-0.3, -0.25) is 11.6 Å². The molecule has 3 rings (SSSR count). The third-order valence-electron chi connectivity index (χ3n) is 7.70. The number of rotatable bonds is 4. The van der Waals surface area contributed by atoms with Gasteiger partial charge in [-0.2, -0.15) is 0 Å². The van der Waals surface area contributed by atoms with E-state index in [4.69, 9.17) is 11.6 Å². The van der Waals surface area contributed by atoms with Crippen LogP contribution in [0.15, 0.2) is 0 Å². The van der Waals surface area contributed by atoms with Gasteiger partial charge in [-0.05, 0) is 72.5 Å². The van der Waals surface area contributed by atoms with E-state index in [-0.39, 0.29) is 0 Å². The molecule has 3 nitrogen and oxygen atoms in total. The molecule has 2 fully saturated rings. The van der Waals surface area contributed by atoms with Crippen LogP contribution >= 0.6 is 11.3 Å². The van der Waals surface area contributed by atoms with Crippen LogP contribution in [0.1, 0.15) is 102 Å². The van der Waals surface area contributed by atoms with Gasteiger partial charge in [0.1, 0.15) is 5.69 Å². The van der Waals surface area contributed by atoms with Crippen molar-refractivity contribution in [3.05, 3.63) is 10.6 Å². The highest BCUT2D eigenvalue weighted by Crippen LogP contribution is 2.51. The molecule has 0 amide bonds. The SMILES string of the molecule is CC1CCC(C(C)C)C(c2sc(N)[n+](N)c2C2CC(C)CCC2C(C)C)C1. The fourth-order valence-corrected chi connectivity index (χ4v) is 7.30. The quantitative estimate of drug-likeness (QED) is 0.511. The fourth-order valence-electron chi connectivity index (χ4n) is 6.10. The van der Waals surface area contributed by atoms with Gasteiger partial charge >= 0.3 is 5.13 Å². The predicted molar refractivity (Wildman–Crippen MR) is 117 cm³/mol. The van der Waals surface area contributed by atoms with Crippen LogP contribution < -0.4 is 16.3 Å². The maximum Gasteiger partial charge on any atom is 0.355 e. The van der Waals surface area contributed by atoms with Crippen molar-refractivity contribution in [2.45, 2.75) is 91.9 Å². The number of aromatic nitrogens is 1. The number of thiazole rings is 1. The van der Waals surface area contributed by atoms with Crippen molar-refractivity contribution >= 4 is 16.5 Å². The lowest BCUT2D eigenvalue weighted by atomic mass is 9.65. The molecule has 154 valence electrons. The van der Waals surface area contributed by atoms with Crippen molar-refractivity contribution in [3.8, 4) is 0 Å². The monoisotopic (exact) mass is 392 g/mol. The van der Waals surface area contributed by atoms with Crippen LogP contribution in [0.2, 0.25) is 0 Å². The van der Waals surface area contributed by atoms with Crippen LogP contribution in [0.5, 0.6) is 0 Å². The Hall–Kier alpha value is -0.770. The van der Waals surface area contributed by atoms with E-state index in [0.29, 0.717) is 17.8 Å². The average molecular weight is 393 g/mol. The first-order valence-electron chi connectivity index (χ1n) is 11.3. The highest BCUT2D eigenvalue weighted by molar-refractivity contribution is 7.15. The van der Waals surface area contributed by atoms with Gasteiger partial charge in [0.05, 0.1) is 4.88 Å². The number of nitrogens with two attached hydrogens (primary N) is 2. The molecule has 27 heavy (non-hydrogen) atoms. The smallest absolute Gasteiger partial charge is 0.276 e. The van der Waals surface area contributed by atoms with Gasteiger partial charge in [0.25, 0.3) is 0 Å². The van der Waals surface area contributed by atoms with Gasteiger partial charge in [0.2, 0.25) is 0 Å². The predicted octanol–water partition coefficient (Wildman–Crippen LogP) is 5.68. The second-order valence-electron chi connectivity index (χ2n) is 10.4. The Labute approximate surface area is 170 Å². The Kier molecular flexibility index (Phi) is 6.45. The summed E-state index contributed by atoms with van der Waals surface area (Å²) in [7, 11) is 0. The van der Waals surface area contributed by atoms with Crippen molar-refractivity contribution in [2.24, 2.45) is 35.5 Å². The summed E-state index contributed by atoms with van der Waals surface area (Å²) in [6, 6.07) is 0. The van der Waals surface area contributed by atoms with Gasteiger partial charge < -0.3 is 0 Å². The molecular weight excluding hydrogens is 350 g/mol. The molecule has 1 heterocycles. The van der Waals surface area contributed by atoms with Crippen LogP contribution in [0.25, 0.3) is 0 Å². The molecule has 2 aliphatic rings. The first kappa shape index (κ1) is 21.0. The highest BCUT2D eigenvalue weighted by Gasteiger charge is 2.43. The first-order valence-corrected chi connectivity index (χ1v) is 12.1. The molecular formula is C23H42N3S+. The molecule has 0 aliphatic heterocycles. The zero-order valence-corrected chi connectivity index (χ0v) is 19.2. The number of hydrogen-bond acceptors (Lipinski definition) is 3. The van der Waals surface area contributed by atoms with Crippen LogP contribution in [-0.2, 0) is 0 Å². The molecule has 0 bridgehead atoms. The van der Waals surface area contributed by atoms with E-state index in [9.17, 15) is 0 Å². The lowest BCUT2D eigenvalue weighted by Crippen LogP contribution is -2.51. The lowest BCUT2D eigenvalue weighted by molar-refractivity contribution is -0.630. The van der Waals surface area contributed by atoms with Crippen molar-refractivity contribution in [3.63, 3.8) is 0 Å². The topological polar surface area (TPSA) is 55.9 Å². The Morgan fingerprint density at radius 2 is 1.33 bits per heavy atom. The number of anilines is 1. The summed E-state index contributed by atoms with van der Waals surface area (Å²) in [6.07, 6.45) is 7.96. The summed E-state index contributed by atoms with van der Waals surface area (Å²) in [5.41, 5.74) is 7.82.